The molecule has 1 aliphatic heterocycles. The van der Waals surface area contributed by atoms with Crippen molar-refractivity contribution >= 4 is 23.9 Å². The molecule has 0 spiro atoms. The SMILES string of the molecule is C=C/C=c1/cc(-c2ccc(F)c(C#N)c2)cc(NC2CCN(C(=O)C(/C=C/OC)C/C=C/OC)CC2)/c1=C/N. The summed E-state index contributed by atoms with van der Waals surface area (Å²) in [6.45, 7) is 5.03. The van der Waals surface area contributed by atoms with Crippen LogP contribution in [0.4, 0.5) is 10.1 Å². The van der Waals surface area contributed by atoms with E-state index < -0.39 is 5.82 Å². The van der Waals surface area contributed by atoms with Crippen LogP contribution in [0.1, 0.15) is 24.8 Å². The van der Waals surface area contributed by atoms with Gasteiger partial charge in [-0.15, -0.1) is 0 Å². The molecule has 1 fully saturated rings. The Morgan fingerprint density at radius 2 is 1.97 bits per heavy atom. The molecule has 1 aliphatic rings. The van der Waals surface area contributed by atoms with Crippen molar-refractivity contribution in [3.05, 3.63) is 89.5 Å². The number of hydrogen-bond acceptors (Lipinski definition) is 6. The summed E-state index contributed by atoms with van der Waals surface area (Å²) in [7, 11) is 3.13. The van der Waals surface area contributed by atoms with Gasteiger partial charge in [-0.2, -0.15) is 5.26 Å². The number of allylic oxidation sites excluding steroid dienone is 2. The summed E-state index contributed by atoms with van der Waals surface area (Å²) in [6.07, 6.45) is 13.8. The lowest BCUT2D eigenvalue weighted by Gasteiger charge is -2.34. The fourth-order valence-electron chi connectivity index (χ4n) is 4.64. The minimum absolute atomic E-state index is 0.0147. The first-order valence-corrected chi connectivity index (χ1v) is 12.8. The average molecular weight is 531 g/mol. The normalized spacial score (nSPS) is 15.9. The third-order valence-corrected chi connectivity index (χ3v) is 6.65. The molecule has 0 saturated carbocycles. The van der Waals surface area contributed by atoms with Crippen molar-refractivity contribution in [3.63, 3.8) is 0 Å². The minimum Gasteiger partial charge on any atom is -0.505 e. The fourth-order valence-corrected chi connectivity index (χ4v) is 4.64. The molecule has 1 atom stereocenters. The van der Waals surface area contributed by atoms with Gasteiger partial charge in [-0.25, -0.2) is 4.39 Å². The number of halogens is 1. The van der Waals surface area contributed by atoms with Crippen molar-refractivity contribution in [1.29, 1.82) is 5.26 Å². The largest absolute Gasteiger partial charge is 0.505 e. The molecule has 39 heavy (non-hydrogen) atoms. The van der Waals surface area contributed by atoms with E-state index in [1.165, 1.54) is 12.3 Å². The van der Waals surface area contributed by atoms with Gasteiger partial charge in [-0.1, -0.05) is 24.8 Å². The summed E-state index contributed by atoms with van der Waals surface area (Å²) in [5.41, 5.74) is 8.37. The zero-order chi connectivity index (χ0) is 28.2. The van der Waals surface area contributed by atoms with Crippen LogP contribution in [0.15, 0.2) is 67.7 Å². The topological polar surface area (TPSA) is 101 Å². The molecular formula is C31H35FN4O3. The predicted octanol–water partition coefficient (Wildman–Crippen LogP) is 3.76. The van der Waals surface area contributed by atoms with Gasteiger partial charge >= 0.3 is 0 Å². The van der Waals surface area contributed by atoms with Gasteiger partial charge in [-0.05, 0) is 72.0 Å². The van der Waals surface area contributed by atoms with Crippen LogP contribution in [-0.2, 0) is 14.3 Å². The lowest BCUT2D eigenvalue weighted by molar-refractivity contribution is -0.134. The summed E-state index contributed by atoms with van der Waals surface area (Å²) in [6, 6.07) is 10.4. The van der Waals surface area contributed by atoms with Gasteiger partial charge in [0.2, 0.25) is 5.91 Å². The van der Waals surface area contributed by atoms with E-state index in [1.807, 2.05) is 35.3 Å². The van der Waals surface area contributed by atoms with Crippen LogP contribution in [0.2, 0.25) is 0 Å². The maximum absolute atomic E-state index is 13.9. The van der Waals surface area contributed by atoms with Crippen molar-refractivity contribution in [2.24, 2.45) is 11.7 Å². The second kappa shape index (κ2) is 14.4. The number of nitriles is 1. The molecule has 2 aromatic carbocycles. The molecule has 204 valence electrons. The van der Waals surface area contributed by atoms with Crippen LogP contribution in [0.3, 0.4) is 0 Å². The maximum atomic E-state index is 13.9. The smallest absolute Gasteiger partial charge is 0.229 e. The van der Waals surface area contributed by atoms with Crippen molar-refractivity contribution in [3.8, 4) is 17.2 Å². The molecule has 0 bridgehead atoms. The van der Waals surface area contributed by atoms with Crippen LogP contribution in [0.25, 0.3) is 23.4 Å². The van der Waals surface area contributed by atoms with Gasteiger partial charge in [-0.3, -0.25) is 4.79 Å². The molecule has 7 nitrogen and oxygen atoms in total. The number of hydrogen-bond donors (Lipinski definition) is 2. The summed E-state index contributed by atoms with van der Waals surface area (Å²) in [4.78, 5) is 15.1. The molecule has 8 heteroatoms. The highest BCUT2D eigenvalue weighted by Crippen LogP contribution is 2.24. The Hall–Kier alpha value is -4.51. The molecule has 1 amide bonds. The number of nitrogens with zero attached hydrogens (tertiary/aromatic N) is 2. The highest BCUT2D eigenvalue weighted by atomic mass is 19.1. The van der Waals surface area contributed by atoms with E-state index in [0.29, 0.717) is 19.5 Å². The number of piperidine rings is 1. The number of nitrogens with two attached hydrogens (primary N) is 1. The van der Waals surface area contributed by atoms with E-state index in [9.17, 15) is 14.4 Å². The molecule has 1 unspecified atom stereocenters. The van der Waals surface area contributed by atoms with E-state index >= 15 is 0 Å². The maximum Gasteiger partial charge on any atom is 0.229 e. The summed E-state index contributed by atoms with van der Waals surface area (Å²) in [5.74, 6) is -0.838. The predicted molar refractivity (Wildman–Crippen MR) is 153 cm³/mol. The number of carbonyl (C=O) groups is 1. The first-order valence-electron chi connectivity index (χ1n) is 12.8. The lowest BCUT2D eigenvalue weighted by atomic mass is 9.98. The van der Waals surface area contributed by atoms with Gasteiger partial charge in [0.15, 0.2) is 0 Å². The Morgan fingerprint density at radius 1 is 1.23 bits per heavy atom. The number of carbonyl (C=O) groups excluding carboxylic acids is 1. The van der Waals surface area contributed by atoms with E-state index in [2.05, 4.69) is 11.9 Å². The molecule has 0 aliphatic carbocycles. The molecule has 1 heterocycles. The monoisotopic (exact) mass is 530 g/mol. The second-order valence-corrected chi connectivity index (χ2v) is 9.16. The minimum atomic E-state index is -0.555. The fraction of sp³-hybridized carbons (Fsp3) is 0.290. The second-order valence-electron chi connectivity index (χ2n) is 9.16. The van der Waals surface area contributed by atoms with Crippen LogP contribution in [0, 0.1) is 23.1 Å². The first kappa shape index (κ1) is 29.1. The molecule has 3 N–H and O–H groups in total. The van der Waals surface area contributed by atoms with E-state index in [4.69, 9.17) is 15.2 Å². The van der Waals surface area contributed by atoms with Crippen LogP contribution in [0.5, 0.6) is 0 Å². The standard InChI is InChI=1S/C31H35FN4O3/c1-4-6-24-18-25(23-8-9-29(32)26(17-23)20-33)19-30(28(24)21-34)35-27-10-13-36(14-11-27)31(37)22(12-16-39-3)7-5-15-38-2/h4-6,8-9,12,15-19,21-22,27,35H,1,7,10-11,13-14,34H2,2-3H3/b15-5+,16-12+,24-6-,28-21+. The molecule has 1 saturated heterocycles. The van der Waals surface area contributed by atoms with Crippen LogP contribution >= 0.6 is 0 Å². The van der Waals surface area contributed by atoms with Crippen molar-refractivity contribution in [2.45, 2.75) is 25.3 Å². The van der Waals surface area contributed by atoms with Gasteiger partial charge in [0.25, 0.3) is 0 Å². The van der Waals surface area contributed by atoms with Crippen LogP contribution in [-0.4, -0.2) is 44.2 Å². The van der Waals surface area contributed by atoms with Gasteiger partial charge in [0, 0.05) is 36.2 Å². The van der Waals surface area contributed by atoms with E-state index in [-0.39, 0.29) is 23.4 Å². The highest BCUT2D eigenvalue weighted by molar-refractivity contribution is 5.81. The number of ether oxygens (including phenoxy) is 2. The Bertz CT molecular complexity index is 1390. The van der Waals surface area contributed by atoms with Gasteiger partial charge in [0.1, 0.15) is 11.9 Å². The number of anilines is 1. The highest BCUT2D eigenvalue weighted by Gasteiger charge is 2.27. The molecule has 2 aromatic rings. The molecule has 0 aromatic heterocycles. The third kappa shape index (κ3) is 7.51. The van der Waals surface area contributed by atoms with E-state index in [0.717, 1.165) is 40.1 Å². The zero-order valence-electron chi connectivity index (χ0n) is 22.4. The Labute approximate surface area is 229 Å². The van der Waals surface area contributed by atoms with Crippen molar-refractivity contribution < 1.29 is 18.7 Å². The average Bonchev–Trinajstić information content (AvgIpc) is 2.95. The van der Waals surface area contributed by atoms with Gasteiger partial charge < -0.3 is 25.4 Å². The van der Waals surface area contributed by atoms with Crippen molar-refractivity contribution in [2.75, 3.05) is 32.6 Å². The molecule has 0 radical (unpaired) electrons. The summed E-state index contributed by atoms with van der Waals surface area (Å²) in [5, 5.41) is 14.6. The Kier molecular flexibility index (Phi) is 10.8. The third-order valence-electron chi connectivity index (χ3n) is 6.65. The number of likely N-dealkylation sites (tertiary alicyclic amines) is 1. The molecule has 3 rings (SSSR count). The Balaban J connectivity index is 1.82. The number of nitrogens with one attached hydrogen (secondary N) is 1. The molecular weight excluding hydrogens is 495 g/mol. The quantitative estimate of drug-likeness (QED) is 0.454. The zero-order valence-corrected chi connectivity index (χ0v) is 22.4. The lowest BCUT2D eigenvalue weighted by Crippen LogP contribution is -2.45. The van der Waals surface area contributed by atoms with Crippen molar-refractivity contribution in [1.82, 2.24) is 4.90 Å². The summed E-state index contributed by atoms with van der Waals surface area (Å²) < 4.78 is 24.0. The van der Waals surface area contributed by atoms with Gasteiger partial charge in [0.05, 0.1) is 38.2 Å². The number of amides is 1. The van der Waals surface area contributed by atoms with E-state index in [1.54, 1.807) is 51.0 Å². The number of methoxy groups -OCH3 is 2. The number of benzene rings is 2. The first-order chi connectivity index (χ1) is 18.9. The summed E-state index contributed by atoms with van der Waals surface area (Å²) >= 11 is 0. The number of rotatable bonds is 10. The Morgan fingerprint density at radius 3 is 2.62 bits per heavy atom. The van der Waals surface area contributed by atoms with Crippen LogP contribution < -0.4 is 21.5 Å².